The molecule has 1 atom stereocenters. The van der Waals surface area contributed by atoms with Crippen molar-refractivity contribution >= 4 is 40.3 Å². The van der Waals surface area contributed by atoms with Crippen molar-refractivity contribution in [1.29, 1.82) is 0 Å². The zero-order valence-corrected chi connectivity index (χ0v) is 21.8. The van der Waals surface area contributed by atoms with Crippen LogP contribution in [0.5, 0.6) is 0 Å². The number of fused-ring (bicyclic) bond motifs is 1. The van der Waals surface area contributed by atoms with Crippen LogP contribution in [0.2, 0.25) is 0 Å². The van der Waals surface area contributed by atoms with E-state index >= 15 is 0 Å². The standard InChI is InChI=1S/C31H34N6/c1-4-35(5-2)27-16-12-24(13-17-27)11-15-26-21-28(18-19-29-22-32-23-36(29)6-3)37(34-26)31-20-14-25-9-7-8-10-30(25)33-31/h7-20,22-23,28H,4-6,21H2,1-3H3. The number of nitrogens with zero attached hydrogens (tertiary/aromatic N) is 6. The fraction of sp³-hybridized carbons (Fsp3) is 0.258. The molecule has 0 fully saturated rings. The fourth-order valence-electron chi connectivity index (χ4n) is 4.73. The number of imidazole rings is 1. The summed E-state index contributed by atoms with van der Waals surface area (Å²) in [6, 6.07) is 21.2. The van der Waals surface area contributed by atoms with Gasteiger partial charge < -0.3 is 9.47 Å². The first-order valence-corrected chi connectivity index (χ1v) is 13.1. The molecule has 0 saturated heterocycles. The van der Waals surface area contributed by atoms with Gasteiger partial charge in [0, 0.05) is 37.1 Å². The molecule has 0 amide bonds. The zero-order chi connectivity index (χ0) is 25.6. The fourth-order valence-corrected chi connectivity index (χ4v) is 4.73. The van der Waals surface area contributed by atoms with E-state index in [-0.39, 0.29) is 6.04 Å². The van der Waals surface area contributed by atoms with E-state index in [9.17, 15) is 0 Å². The summed E-state index contributed by atoms with van der Waals surface area (Å²) in [7, 11) is 0. The van der Waals surface area contributed by atoms with E-state index in [1.807, 2.05) is 35.7 Å². The van der Waals surface area contributed by atoms with Crippen molar-refractivity contribution in [2.45, 2.75) is 39.8 Å². The average molecular weight is 491 g/mol. The van der Waals surface area contributed by atoms with Crippen LogP contribution in [0.4, 0.5) is 11.5 Å². The second-order valence-corrected chi connectivity index (χ2v) is 9.13. The van der Waals surface area contributed by atoms with Crippen LogP contribution in [0, 0.1) is 0 Å². The molecule has 0 bridgehead atoms. The Labute approximate surface area is 219 Å². The minimum atomic E-state index is 0.0681. The third-order valence-corrected chi connectivity index (χ3v) is 6.85. The van der Waals surface area contributed by atoms with Crippen LogP contribution in [-0.2, 0) is 6.54 Å². The highest BCUT2D eigenvalue weighted by molar-refractivity contribution is 6.01. The van der Waals surface area contributed by atoms with Crippen molar-refractivity contribution in [1.82, 2.24) is 14.5 Å². The highest BCUT2D eigenvalue weighted by Gasteiger charge is 2.26. The number of rotatable bonds is 9. The van der Waals surface area contributed by atoms with Crippen LogP contribution < -0.4 is 9.91 Å². The van der Waals surface area contributed by atoms with Crippen LogP contribution in [0.1, 0.15) is 38.4 Å². The predicted octanol–water partition coefficient (Wildman–Crippen LogP) is 6.66. The average Bonchev–Trinajstić information content (AvgIpc) is 3.58. The lowest BCUT2D eigenvalue weighted by atomic mass is 10.1. The maximum atomic E-state index is 5.00. The number of allylic oxidation sites excluding steroid dienone is 1. The molecule has 1 aliphatic heterocycles. The lowest BCUT2D eigenvalue weighted by Crippen LogP contribution is -2.25. The number of hydrogen-bond acceptors (Lipinski definition) is 5. The summed E-state index contributed by atoms with van der Waals surface area (Å²) >= 11 is 0. The normalized spacial score (nSPS) is 15.8. The number of para-hydroxylation sites is 1. The number of hydrazone groups is 1. The van der Waals surface area contributed by atoms with E-state index in [4.69, 9.17) is 10.1 Å². The summed E-state index contributed by atoms with van der Waals surface area (Å²) in [5.74, 6) is 0.851. The van der Waals surface area contributed by atoms with Crippen molar-refractivity contribution in [2.24, 2.45) is 5.10 Å². The van der Waals surface area contributed by atoms with Gasteiger partial charge in [-0.05, 0) is 68.8 Å². The Morgan fingerprint density at radius 3 is 2.51 bits per heavy atom. The molecule has 0 spiro atoms. The van der Waals surface area contributed by atoms with Crippen LogP contribution in [-0.4, -0.2) is 39.4 Å². The molecular formula is C31H34N6. The first kappa shape index (κ1) is 24.5. The van der Waals surface area contributed by atoms with E-state index in [0.29, 0.717) is 0 Å². The molecule has 1 aliphatic rings. The van der Waals surface area contributed by atoms with Gasteiger partial charge in [-0.3, -0.25) is 0 Å². The predicted molar refractivity (Wildman–Crippen MR) is 156 cm³/mol. The molecule has 1 unspecified atom stereocenters. The smallest absolute Gasteiger partial charge is 0.150 e. The van der Waals surface area contributed by atoms with E-state index in [0.717, 1.165) is 54.2 Å². The van der Waals surface area contributed by atoms with Crippen molar-refractivity contribution in [3.05, 3.63) is 96.6 Å². The van der Waals surface area contributed by atoms with Crippen molar-refractivity contribution in [2.75, 3.05) is 23.0 Å². The second kappa shape index (κ2) is 11.2. The SMILES string of the molecule is CCN(CC)c1ccc(C=CC2=NN(c3ccc4ccccc4n3)C(C=Cc3cncn3CC)C2)cc1. The minimum Gasteiger partial charge on any atom is -0.372 e. The topological polar surface area (TPSA) is 49.6 Å². The largest absolute Gasteiger partial charge is 0.372 e. The lowest BCUT2D eigenvalue weighted by molar-refractivity contribution is 0.751. The highest BCUT2D eigenvalue weighted by atomic mass is 15.5. The molecular weight excluding hydrogens is 456 g/mol. The van der Waals surface area contributed by atoms with Crippen LogP contribution in [0.15, 0.2) is 90.4 Å². The van der Waals surface area contributed by atoms with Crippen molar-refractivity contribution < 1.29 is 0 Å². The molecule has 2 aromatic carbocycles. The van der Waals surface area contributed by atoms with Gasteiger partial charge in [0.1, 0.15) is 5.82 Å². The molecule has 0 radical (unpaired) electrons. The molecule has 3 heterocycles. The first-order chi connectivity index (χ1) is 18.2. The van der Waals surface area contributed by atoms with Gasteiger partial charge in [0.05, 0.1) is 35.5 Å². The molecule has 2 aromatic heterocycles. The van der Waals surface area contributed by atoms with Crippen LogP contribution in [0.3, 0.4) is 0 Å². The Morgan fingerprint density at radius 1 is 0.919 bits per heavy atom. The van der Waals surface area contributed by atoms with Gasteiger partial charge in [0.2, 0.25) is 0 Å². The van der Waals surface area contributed by atoms with Gasteiger partial charge in [-0.1, -0.05) is 42.5 Å². The highest BCUT2D eigenvalue weighted by Crippen LogP contribution is 2.27. The molecule has 188 valence electrons. The summed E-state index contributed by atoms with van der Waals surface area (Å²) < 4.78 is 2.13. The Morgan fingerprint density at radius 2 is 1.73 bits per heavy atom. The summed E-state index contributed by atoms with van der Waals surface area (Å²) in [5.41, 5.74) is 5.51. The van der Waals surface area contributed by atoms with Gasteiger partial charge in [0.25, 0.3) is 0 Å². The first-order valence-electron chi connectivity index (χ1n) is 13.1. The maximum Gasteiger partial charge on any atom is 0.150 e. The zero-order valence-electron chi connectivity index (χ0n) is 21.8. The summed E-state index contributed by atoms with van der Waals surface area (Å²) in [4.78, 5) is 11.6. The Bertz CT molecular complexity index is 1430. The number of pyridine rings is 1. The van der Waals surface area contributed by atoms with Crippen LogP contribution >= 0.6 is 0 Å². The van der Waals surface area contributed by atoms with E-state index in [1.165, 1.54) is 11.3 Å². The van der Waals surface area contributed by atoms with Gasteiger partial charge in [-0.15, -0.1) is 0 Å². The molecule has 0 saturated carbocycles. The summed E-state index contributed by atoms with van der Waals surface area (Å²) in [5, 5.41) is 8.16. The van der Waals surface area contributed by atoms with Gasteiger partial charge >= 0.3 is 0 Å². The van der Waals surface area contributed by atoms with Crippen molar-refractivity contribution in [3.8, 4) is 0 Å². The van der Waals surface area contributed by atoms with Crippen molar-refractivity contribution in [3.63, 3.8) is 0 Å². The van der Waals surface area contributed by atoms with Gasteiger partial charge in [0.15, 0.2) is 0 Å². The number of aryl methyl sites for hydroxylation is 1. The Kier molecular flexibility index (Phi) is 7.45. The minimum absolute atomic E-state index is 0.0681. The Hall–Kier alpha value is -4.19. The molecule has 0 aliphatic carbocycles. The molecule has 6 heteroatoms. The van der Waals surface area contributed by atoms with Crippen LogP contribution in [0.25, 0.3) is 23.1 Å². The monoisotopic (exact) mass is 490 g/mol. The summed E-state index contributed by atoms with van der Waals surface area (Å²) in [6.07, 6.45) is 13.2. The quantitative estimate of drug-likeness (QED) is 0.263. The lowest BCUT2D eigenvalue weighted by Gasteiger charge is -2.20. The molecule has 5 rings (SSSR count). The third-order valence-electron chi connectivity index (χ3n) is 6.85. The van der Waals surface area contributed by atoms with E-state index < -0.39 is 0 Å². The third kappa shape index (κ3) is 5.48. The van der Waals surface area contributed by atoms with E-state index in [1.54, 1.807) is 0 Å². The van der Waals surface area contributed by atoms with Gasteiger partial charge in [-0.2, -0.15) is 5.10 Å². The number of aromatic nitrogens is 3. The Balaban J connectivity index is 1.41. The second-order valence-electron chi connectivity index (χ2n) is 9.13. The van der Waals surface area contributed by atoms with E-state index in [2.05, 4.69) is 102 Å². The molecule has 0 N–H and O–H groups in total. The van der Waals surface area contributed by atoms with Gasteiger partial charge in [-0.25, -0.2) is 15.0 Å². The number of hydrogen-bond donors (Lipinski definition) is 0. The molecule has 4 aromatic rings. The number of anilines is 2. The molecule has 37 heavy (non-hydrogen) atoms. The maximum absolute atomic E-state index is 5.00. The number of benzene rings is 2. The molecule has 6 nitrogen and oxygen atoms in total. The summed E-state index contributed by atoms with van der Waals surface area (Å²) in [6.45, 7) is 9.40.